The number of hydrogen-bond acceptors (Lipinski definition) is 4. The van der Waals surface area contributed by atoms with E-state index in [1.807, 2.05) is 12.1 Å². The predicted octanol–water partition coefficient (Wildman–Crippen LogP) is 1.60. The number of rotatable bonds is 2. The van der Waals surface area contributed by atoms with Gasteiger partial charge in [-0.15, -0.1) is 0 Å². The molecule has 0 bridgehead atoms. The zero-order valence-electron chi connectivity index (χ0n) is 9.11. The van der Waals surface area contributed by atoms with Crippen LogP contribution in [0.25, 0.3) is 0 Å². The van der Waals surface area contributed by atoms with Crippen molar-refractivity contribution >= 4 is 11.5 Å². The molecule has 3 N–H and O–H groups in total. The van der Waals surface area contributed by atoms with Gasteiger partial charge in [0.15, 0.2) is 0 Å². The summed E-state index contributed by atoms with van der Waals surface area (Å²) in [4.78, 5) is 6.51. The highest BCUT2D eigenvalue weighted by atomic mass is 15.3. The van der Waals surface area contributed by atoms with Crippen LogP contribution in [-0.2, 0) is 0 Å². The van der Waals surface area contributed by atoms with E-state index in [9.17, 15) is 0 Å². The molecule has 1 aromatic rings. The molecule has 1 atom stereocenters. The van der Waals surface area contributed by atoms with Crippen LogP contribution in [0.4, 0.5) is 11.5 Å². The summed E-state index contributed by atoms with van der Waals surface area (Å²) in [6.45, 7) is 4.57. The van der Waals surface area contributed by atoms with Gasteiger partial charge in [0.2, 0.25) is 0 Å². The number of pyridine rings is 1. The summed E-state index contributed by atoms with van der Waals surface area (Å²) in [5.74, 6) is 6.85. The summed E-state index contributed by atoms with van der Waals surface area (Å²) in [5, 5.41) is 0. The fourth-order valence-electron chi connectivity index (χ4n) is 2.12. The van der Waals surface area contributed by atoms with E-state index in [1.54, 1.807) is 6.20 Å². The van der Waals surface area contributed by atoms with Crippen LogP contribution in [0.5, 0.6) is 0 Å². The maximum atomic E-state index is 5.34. The minimum Gasteiger partial charge on any atom is -0.371 e. The summed E-state index contributed by atoms with van der Waals surface area (Å²) >= 11 is 0. The molecule has 2 heterocycles. The van der Waals surface area contributed by atoms with E-state index in [-0.39, 0.29) is 0 Å². The Kier molecular flexibility index (Phi) is 3.06. The highest BCUT2D eigenvalue weighted by molar-refractivity contribution is 5.53. The van der Waals surface area contributed by atoms with Gasteiger partial charge in [-0.3, -0.25) is 0 Å². The third-order valence-electron chi connectivity index (χ3n) is 2.91. The van der Waals surface area contributed by atoms with Crippen LogP contribution >= 0.6 is 0 Å². The van der Waals surface area contributed by atoms with Gasteiger partial charge in [-0.2, -0.15) is 0 Å². The number of aromatic nitrogens is 1. The van der Waals surface area contributed by atoms with Crippen molar-refractivity contribution in [3.8, 4) is 0 Å². The van der Waals surface area contributed by atoms with Crippen molar-refractivity contribution in [1.82, 2.24) is 4.98 Å². The second-order valence-electron chi connectivity index (χ2n) is 4.24. The smallest absolute Gasteiger partial charge is 0.141 e. The molecule has 0 amide bonds. The first-order chi connectivity index (χ1) is 7.29. The summed E-state index contributed by atoms with van der Waals surface area (Å²) < 4.78 is 0. The summed E-state index contributed by atoms with van der Waals surface area (Å²) in [5.41, 5.74) is 3.79. The molecule has 15 heavy (non-hydrogen) atoms. The van der Waals surface area contributed by atoms with Gasteiger partial charge in [0.25, 0.3) is 0 Å². The highest BCUT2D eigenvalue weighted by Crippen LogP contribution is 2.23. The van der Waals surface area contributed by atoms with Gasteiger partial charge < -0.3 is 10.3 Å². The molecular weight excluding hydrogens is 188 g/mol. The third kappa shape index (κ3) is 2.39. The van der Waals surface area contributed by atoms with E-state index in [0.29, 0.717) is 0 Å². The lowest BCUT2D eigenvalue weighted by atomic mass is 10.00. The molecular formula is C11H18N4. The lowest BCUT2D eigenvalue weighted by molar-refractivity contribution is 0.447. The third-order valence-corrected chi connectivity index (χ3v) is 2.91. The average Bonchev–Trinajstić information content (AvgIpc) is 2.29. The van der Waals surface area contributed by atoms with Gasteiger partial charge in [-0.05, 0) is 24.8 Å². The molecule has 1 aromatic heterocycles. The van der Waals surface area contributed by atoms with Crippen molar-refractivity contribution in [1.29, 1.82) is 0 Å². The molecule has 1 fully saturated rings. The van der Waals surface area contributed by atoms with Crippen molar-refractivity contribution in [3.63, 3.8) is 0 Å². The summed E-state index contributed by atoms with van der Waals surface area (Å²) in [6, 6.07) is 4.04. The summed E-state index contributed by atoms with van der Waals surface area (Å²) in [6.07, 6.45) is 4.41. The maximum absolute atomic E-state index is 5.34. The number of nitrogens with zero attached hydrogens (tertiary/aromatic N) is 2. The van der Waals surface area contributed by atoms with Gasteiger partial charge in [-0.25, -0.2) is 10.8 Å². The van der Waals surface area contributed by atoms with E-state index >= 15 is 0 Å². The highest BCUT2D eigenvalue weighted by Gasteiger charge is 2.16. The molecule has 82 valence electrons. The Labute approximate surface area is 90.5 Å². The minimum absolute atomic E-state index is 0.728. The Morgan fingerprint density at radius 2 is 2.47 bits per heavy atom. The molecule has 0 saturated carbocycles. The van der Waals surface area contributed by atoms with Crippen molar-refractivity contribution < 1.29 is 0 Å². The topological polar surface area (TPSA) is 54.2 Å². The van der Waals surface area contributed by atoms with E-state index < -0.39 is 0 Å². The SMILES string of the molecule is CC1CCCN(c2ccnc(NN)c2)C1. The molecule has 4 nitrogen and oxygen atoms in total. The normalized spacial score (nSPS) is 21.5. The van der Waals surface area contributed by atoms with Gasteiger partial charge in [-0.1, -0.05) is 6.92 Å². The quantitative estimate of drug-likeness (QED) is 0.570. The van der Waals surface area contributed by atoms with Gasteiger partial charge in [0.05, 0.1) is 0 Å². The van der Waals surface area contributed by atoms with Crippen LogP contribution in [0.3, 0.4) is 0 Å². The molecule has 2 rings (SSSR count). The Morgan fingerprint density at radius 1 is 1.60 bits per heavy atom. The Morgan fingerprint density at radius 3 is 3.20 bits per heavy atom. The number of nitrogens with two attached hydrogens (primary N) is 1. The number of nitrogens with one attached hydrogen (secondary N) is 1. The monoisotopic (exact) mass is 206 g/mol. The van der Waals surface area contributed by atoms with E-state index in [2.05, 4.69) is 22.2 Å². The fraction of sp³-hybridized carbons (Fsp3) is 0.545. The zero-order valence-corrected chi connectivity index (χ0v) is 9.11. The van der Waals surface area contributed by atoms with Crippen LogP contribution in [0.1, 0.15) is 19.8 Å². The summed E-state index contributed by atoms with van der Waals surface area (Å²) in [7, 11) is 0. The number of piperidine rings is 1. The van der Waals surface area contributed by atoms with Crippen molar-refractivity contribution in [3.05, 3.63) is 18.3 Å². The van der Waals surface area contributed by atoms with E-state index in [0.717, 1.165) is 24.8 Å². The van der Waals surface area contributed by atoms with Crippen LogP contribution < -0.4 is 16.2 Å². The molecule has 1 aliphatic heterocycles. The first-order valence-electron chi connectivity index (χ1n) is 5.47. The van der Waals surface area contributed by atoms with Crippen LogP contribution in [-0.4, -0.2) is 18.1 Å². The predicted molar refractivity (Wildman–Crippen MR) is 62.7 cm³/mol. The molecule has 1 aliphatic rings. The van der Waals surface area contributed by atoms with Crippen LogP contribution in [0, 0.1) is 5.92 Å². The maximum Gasteiger partial charge on any atom is 0.141 e. The van der Waals surface area contributed by atoms with Crippen molar-refractivity contribution in [2.45, 2.75) is 19.8 Å². The van der Waals surface area contributed by atoms with Crippen molar-refractivity contribution in [2.75, 3.05) is 23.4 Å². The second kappa shape index (κ2) is 4.49. The minimum atomic E-state index is 0.728. The zero-order chi connectivity index (χ0) is 10.7. The van der Waals surface area contributed by atoms with Crippen LogP contribution in [0.2, 0.25) is 0 Å². The van der Waals surface area contributed by atoms with Gasteiger partial charge in [0.1, 0.15) is 5.82 Å². The number of hydrazine groups is 1. The Bertz CT molecular complexity index is 326. The molecule has 0 spiro atoms. The first-order valence-corrected chi connectivity index (χ1v) is 5.47. The number of anilines is 2. The van der Waals surface area contributed by atoms with Gasteiger partial charge >= 0.3 is 0 Å². The Balaban J connectivity index is 2.13. The molecule has 1 saturated heterocycles. The largest absolute Gasteiger partial charge is 0.371 e. The lowest BCUT2D eigenvalue weighted by Gasteiger charge is -2.32. The van der Waals surface area contributed by atoms with Crippen LogP contribution in [0.15, 0.2) is 18.3 Å². The Hall–Kier alpha value is -1.29. The molecule has 0 aliphatic carbocycles. The standard InChI is InChI=1S/C11H18N4/c1-9-3-2-6-15(8-9)10-4-5-13-11(7-10)14-12/h4-5,7,9H,2-3,6,8,12H2,1H3,(H,13,14). The number of nitrogen functional groups attached to an aromatic ring is 1. The molecule has 1 unspecified atom stereocenters. The van der Waals surface area contributed by atoms with E-state index in [4.69, 9.17) is 5.84 Å². The van der Waals surface area contributed by atoms with E-state index in [1.165, 1.54) is 18.5 Å². The molecule has 4 heteroatoms. The second-order valence-corrected chi connectivity index (χ2v) is 4.24. The number of hydrogen-bond donors (Lipinski definition) is 2. The lowest BCUT2D eigenvalue weighted by Crippen LogP contribution is -2.34. The molecule has 0 aromatic carbocycles. The average molecular weight is 206 g/mol. The fourth-order valence-corrected chi connectivity index (χ4v) is 2.12. The van der Waals surface area contributed by atoms with Gasteiger partial charge in [0, 0.05) is 31.0 Å². The first kappa shape index (κ1) is 10.2. The molecule has 0 radical (unpaired) electrons. The van der Waals surface area contributed by atoms with Crippen molar-refractivity contribution in [2.24, 2.45) is 11.8 Å².